The van der Waals surface area contributed by atoms with Crippen molar-refractivity contribution in [1.29, 1.82) is 0 Å². The summed E-state index contributed by atoms with van der Waals surface area (Å²) >= 11 is 0. The molecule has 1 fully saturated rings. The number of halogens is 3. The predicted octanol–water partition coefficient (Wildman–Crippen LogP) is 2.46. The van der Waals surface area contributed by atoms with Crippen LogP contribution in [0, 0.1) is 0 Å². The Bertz CT molecular complexity index is 454. The molecule has 0 spiro atoms. The SMILES string of the molecule is COc1cc(C(F)(F)F)ccc1CN1CCN(C)CC1. The molecule has 1 heterocycles. The summed E-state index contributed by atoms with van der Waals surface area (Å²) in [5.74, 6) is 0.304. The number of piperazine rings is 1. The van der Waals surface area contributed by atoms with Crippen molar-refractivity contribution in [3.05, 3.63) is 29.3 Å². The molecule has 3 nitrogen and oxygen atoms in total. The summed E-state index contributed by atoms with van der Waals surface area (Å²) in [5.41, 5.74) is 0.126. The molecule has 0 bridgehead atoms. The number of alkyl halides is 3. The second-order valence-corrected chi connectivity index (χ2v) is 5.10. The van der Waals surface area contributed by atoms with E-state index in [2.05, 4.69) is 16.8 Å². The molecule has 1 aliphatic rings. The highest BCUT2D eigenvalue weighted by molar-refractivity contribution is 5.38. The average Bonchev–Trinajstić information content (AvgIpc) is 2.40. The van der Waals surface area contributed by atoms with Gasteiger partial charge in [-0.3, -0.25) is 4.90 Å². The third-order valence-corrected chi connectivity index (χ3v) is 3.60. The van der Waals surface area contributed by atoms with Crippen LogP contribution in [0.3, 0.4) is 0 Å². The van der Waals surface area contributed by atoms with Gasteiger partial charge >= 0.3 is 6.18 Å². The maximum Gasteiger partial charge on any atom is 0.416 e. The molecule has 1 aromatic carbocycles. The Hall–Kier alpha value is -1.27. The highest BCUT2D eigenvalue weighted by Gasteiger charge is 2.31. The van der Waals surface area contributed by atoms with E-state index >= 15 is 0 Å². The van der Waals surface area contributed by atoms with Crippen LogP contribution in [-0.4, -0.2) is 50.1 Å². The number of ether oxygens (including phenoxy) is 1. The van der Waals surface area contributed by atoms with Crippen LogP contribution in [0.2, 0.25) is 0 Å². The first-order valence-corrected chi connectivity index (χ1v) is 6.55. The second kappa shape index (κ2) is 6.01. The number of likely N-dealkylation sites (N-methyl/N-ethyl adjacent to an activating group) is 1. The van der Waals surface area contributed by atoms with E-state index in [1.165, 1.54) is 13.2 Å². The van der Waals surface area contributed by atoms with Gasteiger partial charge in [-0.05, 0) is 19.2 Å². The number of hydrogen-bond acceptors (Lipinski definition) is 3. The van der Waals surface area contributed by atoms with Crippen LogP contribution >= 0.6 is 0 Å². The summed E-state index contributed by atoms with van der Waals surface area (Å²) in [6.45, 7) is 4.41. The highest BCUT2D eigenvalue weighted by Crippen LogP contribution is 2.33. The number of benzene rings is 1. The van der Waals surface area contributed by atoms with Crippen molar-refractivity contribution in [2.45, 2.75) is 12.7 Å². The van der Waals surface area contributed by atoms with Gasteiger partial charge in [-0.15, -0.1) is 0 Å². The minimum Gasteiger partial charge on any atom is -0.496 e. The molecule has 1 saturated heterocycles. The summed E-state index contributed by atoms with van der Waals surface area (Å²) in [6.07, 6.45) is -4.33. The van der Waals surface area contributed by atoms with E-state index in [1.807, 2.05) is 0 Å². The number of nitrogens with zero attached hydrogens (tertiary/aromatic N) is 2. The lowest BCUT2D eigenvalue weighted by Gasteiger charge is -2.32. The highest BCUT2D eigenvalue weighted by atomic mass is 19.4. The van der Waals surface area contributed by atoms with Crippen molar-refractivity contribution in [2.24, 2.45) is 0 Å². The lowest BCUT2D eigenvalue weighted by molar-refractivity contribution is -0.137. The fourth-order valence-corrected chi connectivity index (χ4v) is 2.30. The van der Waals surface area contributed by atoms with Gasteiger partial charge < -0.3 is 9.64 Å². The van der Waals surface area contributed by atoms with Crippen LogP contribution in [0.25, 0.3) is 0 Å². The van der Waals surface area contributed by atoms with Gasteiger partial charge in [-0.25, -0.2) is 0 Å². The summed E-state index contributed by atoms with van der Waals surface area (Å²) in [6, 6.07) is 3.71. The molecular weight excluding hydrogens is 269 g/mol. The number of methoxy groups -OCH3 is 1. The molecule has 0 atom stereocenters. The van der Waals surface area contributed by atoms with Gasteiger partial charge in [0.1, 0.15) is 5.75 Å². The third-order valence-electron chi connectivity index (χ3n) is 3.60. The zero-order valence-electron chi connectivity index (χ0n) is 11.7. The van der Waals surface area contributed by atoms with Gasteiger partial charge in [-0.2, -0.15) is 13.2 Å². The Labute approximate surface area is 116 Å². The van der Waals surface area contributed by atoms with Crippen molar-refractivity contribution in [3.8, 4) is 5.75 Å². The van der Waals surface area contributed by atoms with Crippen molar-refractivity contribution in [2.75, 3.05) is 40.3 Å². The molecule has 112 valence electrons. The molecule has 2 rings (SSSR count). The van der Waals surface area contributed by atoms with Crippen LogP contribution in [-0.2, 0) is 12.7 Å². The number of rotatable bonds is 3. The molecule has 6 heteroatoms. The molecule has 1 aliphatic heterocycles. The Morgan fingerprint density at radius 3 is 2.35 bits per heavy atom. The Morgan fingerprint density at radius 1 is 1.15 bits per heavy atom. The normalized spacial score (nSPS) is 18.2. The zero-order valence-corrected chi connectivity index (χ0v) is 11.7. The van der Waals surface area contributed by atoms with Crippen molar-refractivity contribution in [3.63, 3.8) is 0 Å². The van der Waals surface area contributed by atoms with Gasteiger partial charge in [0.2, 0.25) is 0 Å². The molecule has 0 N–H and O–H groups in total. The quantitative estimate of drug-likeness (QED) is 0.850. The van der Waals surface area contributed by atoms with Crippen LogP contribution in [0.5, 0.6) is 5.75 Å². The van der Waals surface area contributed by atoms with Crippen molar-refractivity contribution < 1.29 is 17.9 Å². The summed E-state index contributed by atoms with van der Waals surface area (Å²) in [4.78, 5) is 4.46. The van der Waals surface area contributed by atoms with E-state index in [9.17, 15) is 13.2 Å². The van der Waals surface area contributed by atoms with Crippen LogP contribution in [0.1, 0.15) is 11.1 Å². The van der Waals surface area contributed by atoms with E-state index in [1.54, 1.807) is 0 Å². The molecule has 0 aliphatic carbocycles. The first-order chi connectivity index (χ1) is 9.40. The van der Waals surface area contributed by atoms with E-state index in [0.29, 0.717) is 12.3 Å². The minimum absolute atomic E-state index is 0.304. The zero-order chi connectivity index (χ0) is 14.8. The molecular formula is C14H19F3N2O. The molecule has 0 aromatic heterocycles. The van der Waals surface area contributed by atoms with Crippen LogP contribution < -0.4 is 4.74 Å². The standard InChI is InChI=1S/C14H19F3N2O/c1-18-5-7-19(8-6-18)10-11-3-4-12(14(15,16)17)9-13(11)20-2/h3-4,9H,5-8,10H2,1-2H3. The summed E-state index contributed by atoms with van der Waals surface area (Å²) in [7, 11) is 3.47. The molecule has 0 unspecified atom stereocenters. The maximum atomic E-state index is 12.7. The largest absolute Gasteiger partial charge is 0.496 e. The lowest BCUT2D eigenvalue weighted by Crippen LogP contribution is -2.43. The molecule has 1 aromatic rings. The van der Waals surface area contributed by atoms with Crippen LogP contribution in [0.4, 0.5) is 13.2 Å². The van der Waals surface area contributed by atoms with Gasteiger partial charge in [0.05, 0.1) is 12.7 Å². The van der Waals surface area contributed by atoms with Gasteiger partial charge in [-0.1, -0.05) is 6.07 Å². The Kier molecular flexibility index (Phi) is 4.55. The fraction of sp³-hybridized carbons (Fsp3) is 0.571. The van der Waals surface area contributed by atoms with Gasteiger partial charge in [0.15, 0.2) is 0 Å². The molecule has 0 saturated carbocycles. The summed E-state index contributed by atoms with van der Waals surface area (Å²) in [5, 5.41) is 0. The third kappa shape index (κ3) is 3.64. The second-order valence-electron chi connectivity index (χ2n) is 5.10. The fourth-order valence-electron chi connectivity index (χ4n) is 2.30. The van der Waals surface area contributed by atoms with Gasteiger partial charge in [0.25, 0.3) is 0 Å². The molecule has 0 radical (unpaired) electrons. The van der Waals surface area contributed by atoms with E-state index in [4.69, 9.17) is 4.74 Å². The van der Waals surface area contributed by atoms with Crippen molar-refractivity contribution in [1.82, 2.24) is 9.80 Å². The van der Waals surface area contributed by atoms with E-state index in [-0.39, 0.29) is 0 Å². The Morgan fingerprint density at radius 2 is 1.80 bits per heavy atom. The van der Waals surface area contributed by atoms with Gasteiger partial charge in [0, 0.05) is 38.3 Å². The summed E-state index contributed by atoms with van der Waals surface area (Å²) < 4.78 is 43.1. The van der Waals surface area contributed by atoms with E-state index in [0.717, 1.165) is 43.9 Å². The molecule has 0 amide bonds. The topological polar surface area (TPSA) is 15.7 Å². The first-order valence-electron chi connectivity index (χ1n) is 6.55. The van der Waals surface area contributed by atoms with Crippen LogP contribution in [0.15, 0.2) is 18.2 Å². The average molecular weight is 288 g/mol. The minimum atomic E-state index is -4.33. The number of hydrogen-bond donors (Lipinski definition) is 0. The van der Waals surface area contributed by atoms with E-state index < -0.39 is 11.7 Å². The van der Waals surface area contributed by atoms with Crippen molar-refractivity contribution >= 4 is 0 Å². The monoisotopic (exact) mass is 288 g/mol. The Balaban J connectivity index is 2.12. The molecule has 20 heavy (non-hydrogen) atoms. The smallest absolute Gasteiger partial charge is 0.416 e. The predicted molar refractivity (Wildman–Crippen MR) is 70.8 cm³/mol. The lowest BCUT2D eigenvalue weighted by atomic mass is 10.1. The first kappa shape index (κ1) is 15.1. The maximum absolute atomic E-state index is 12.7.